The van der Waals surface area contributed by atoms with Crippen LogP contribution in [0.5, 0.6) is 5.75 Å². The number of hydrogen-bond donors (Lipinski definition) is 3. The molecule has 2 aromatic rings. The van der Waals surface area contributed by atoms with E-state index in [1.54, 1.807) is 7.11 Å². The molecule has 4 nitrogen and oxygen atoms in total. The Morgan fingerprint density at radius 3 is 2.38 bits per heavy atom. The molecule has 1 aliphatic rings. The topological polar surface area (TPSA) is 45.3 Å². The number of benzene rings is 2. The van der Waals surface area contributed by atoms with Gasteiger partial charge in [-0.05, 0) is 54.9 Å². The maximum absolute atomic E-state index is 5.53. The second-order valence-electron chi connectivity index (χ2n) is 6.69. The third-order valence-corrected chi connectivity index (χ3v) is 5.06. The van der Waals surface area contributed by atoms with Crippen molar-refractivity contribution in [3.63, 3.8) is 0 Å². The lowest BCUT2D eigenvalue weighted by molar-refractivity contribution is 0.308. The van der Waals surface area contributed by atoms with Gasteiger partial charge in [-0.3, -0.25) is 0 Å². The van der Waals surface area contributed by atoms with Crippen molar-refractivity contribution in [1.82, 2.24) is 10.6 Å². The van der Waals surface area contributed by atoms with Gasteiger partial charge in [0.25, 0.3) is 0 Å². The Morgan fingerprint density at radius 2 is 1.69 bits per heavy atom. The molecular weight excluding hydrogens is 342 g/mol. The molecule has 0 saturated heterocycles. The SMILES string of the molecule is COc1ccc(NC(=S)N[C@@H]2CCCC[C@H]2NCc2ccccc2)cc1. The molecule has 1 saturated carbocycles. The first kappa shape index (κ1) is 18.7. The summed E-state index contributed by atoms with van der Waals surface area (Å²) in [7, 11) is 1.67. The highest BCUT2D eigenvalue weighted by Gasteiger charge is 2.25. The molecule has 26 heavy (non-hydrogen) atoms. The van der Waals surface area contributed by atoms with Gasteiger partial charge < -0.3 is 20.7 Å². The van der Waals surface area contributed by atoms with E-state index in [9.17, 15) is 0 Å². The van der Waals surface area contributed by atoms with E-state index in [1.807, 2.05) is 24.3 Å². The van der Waals surface area contributed by atoms with Crippen molar-refractivity contribution in [2.45, 2.75) is 44.3 Å². The van der Waals surface area contributed by atoms with Crippen LogP contribution in [0.1, 0.15) is 31.2 Å². The van der Waals surface area contributed by atoms with Gasteiger partial charge in [-0.2, -0.15) is 0 Å². The van der Waals surface area contributed by atoms with Crippen molar-refractivity contribution < 1.29 is 4.74 Å². The van der Waals surface area contributed by atoms with E-state index in [0.717, 1.165) is 24.4 Å². The Hall–Kier alpha value is -2.11. The van der Waals surface area contributed by atoms with Crippen molar-refractivity contribution in [3.05, 3.63) is 60.2 Å². The van der Waals surface area contributed by atoms with Crippen molar-refractivity contribution >= 4 is 23.0 Å². The Bertz CT molecular complexity index is 690. The number of ether oxygens (including phenoxy) is 1. The van der Waals surface area contributed by atoms with Gasteiger partial charge in [0.05, 0.1) is 7.11 Å². The fraction of sp³-hybridized carbons (Fsp3) is 0.381. The number of hydrogen-bond acceptors (Lipinski definition) is 3. The molecule has 1 fully saturated rings. The Balaban J connectivity index is 1.52. The average Bonchev–Trinajstić information content (AvgIpc) is 2.68. The van der Waals surface area contributed by atoms with Crippen LogP contribution in [-0.2, 0) is 6.54 Å². The minimum Gasteiger partial charge on any atom is -0.497 e. The summed E-state index contributed by atoms with van der Waals surface area (Å²) < 4.78 is 5.19. The molecule has 0 heterocycles. The molecule has 2 atom stereocenters. The second kappa shape index (κ2) is 9.55. The predicted octanol–water partition coefficient (Wildman–Crippen LogP) is 4.08. The molecule has 2 aromatic carbocycles. The summed E-state index contributed by atoms with van der Waals surface area (Å²) in [6.45, 7) is 0.891. The van der Waals surface area contributed by atoms with Crippen LogP contribution in [0.4, 0.5) is 5.69 Å². The maximum Gasteiger partial charge on any atom is 0.171 e. The average molecular weight is 370 g/mol. The summed E-state index contributed by atoms with van der Waals surface area (Å²) in [6, 6.07) is 19.1. The van der Waals surface area contributed by atoms with E-state index in [0.29, 0.717) is 17.2 Å². The molecular formula is C21H27N3OS. The first-order valence-corrected chi connectivity index (χ1v) is 9.64. The third-order valence-electron chi connectivity index (χ3n) is 4.84. The van der Waals surface area contributed by atoms with Crippen molar-refractivity contribution in [2.75, 3.05) is 12.4 Å². The number of thiocarbonyl (C=S) groups is 1. The molecule has 0 unspecified atom stereocenters. The summed E-state index contributed by atoms with van der Waals surface area (Å²) in [5.41, 5.74) is 2.28. The van der Waals surface area contributed by atoms with Crippen LogP contribution in [0, 0.1) is 0 Å². The number of rotatable bonds is 6. The zero-order valence-corrected chi connectivity index (χ0v) is 16.0. The normalized spacial score (nSPS) is 19.6. The van der Waals surface area contributed by atoms with E-state index < -0.39 is 0 Å². The van der Waals surface area contributed by atoms with Gasteiger partial charge in [-0.1, -0.05) is 43.2 Å². The highest BCUT2D eigenvalue weighted by atomic mass is 32.1. The zero-order valence-electron chi connectivity index (χ0n) is 15.2. The van der Waals surface area contributed by atoms with Crippen LogP contribution >= 0.6 is 12.2 Å². The predicted molar refractivity (Wildman–Crippen MR) is 112 cm³/mol. The van der Waals surface area contributed by atoms with Gasteiger partial charge in [-0.15, -0.1) is 0 Å². The van der Waals surface area contributed by atoms with E-state index in [2.05, 4.69) is 46.3 Å². The molecule has 0 aromatic heterocycles. The van der Waals surface area contributed by atoms with Gasteiger partial charge in [0.15, 0.2) is 5.11 Å². The van der Waals surface area contributed by atoms with Crippen molar-refractivity contribution in [2.24, 2.45) is 0 Å². The monoisotopic (exact) mass is 369 g/mol. The Kier molecular flexibility index (Phi) is 6.86. The molecule has 0 radical (unpaired) electrons. The minimum absolute atomic E-state index is 0.353. The summed E-state index contributed by atoms with van der Waals surface area (Å²) in [5.74, 6) is 0.840. The molecule has 138 valence electrons. The third kappa shape index (κ3) is 5.44. The number of anilines is 1. The van der Waals surface area contributed by atoms with Crippen molar-refractivity contribution in [3.8, 4) is 5.75 Å². The summed E-state index contributed by atoms with van der Waals surface area (Å²) >= 11 is 5.53. The number of methoxy groups -OCH3 is 1. The lowest BCUT2D eigenvalue weighted by Gasteiger charge is -2.34. The van der Waals surface area contributed by atoms with Gasteiger partial charge in [0.1, 0.15) is 5.75 Å². The van der Waals surface area contributed by atoms with Crippen LogP contribution in [0.2, 0.25) is 0 Å². The van der Waals surface area contributed by atoms with Gasteiger partial charge in [0, 0.05) is 24.3 Å². The van der Waals surface area contributed by atoms with Crippen LogP contribution in [0.25, 0.3) is 0 Å². The first-order chi connectivity index (χ1) is 12.7. The highest BCUT2D eigenvalue weighted by Crippen LogP contribution is 2.20. The van der Waals surface area contributed by atoms with Crippen molar-refractivity contribution in [1.29, 1.82) is 0 Å². The molecule has 3 rings (SSSR count). The minimum atomic E-state index is 0.353. The molecule has 5 heteroatoms. The van der Waals surface area contributed by atoms with Crippen LogP contribution in [0.3, 0.4) is 0 Å². The fourth-order valence-corrected chi connectivity index (χ4v) is 3.67. The van der Waals surface area contributed by atoms with E-state index in [4.69, 9.17) is 17.0 Å². The molecule has 3 N–H and O–H groups in total. The molecule has 1 aliphatic carbocycles. The summed E-state index contributed by atoms with van der Waals surface area (Å²) in [4.78, 5) is 0. The Labute approximate surface area is 161 Å². The summed E-state index contributed by atoms with van der Waals surface area (Å²) in [5, 5.41) is 11.2. The first-order valence-electron chi connectivity index (χ1n) is 9.23. The van der Waals surface area contributed by atoms with E-state index >= 15 is 0 Å². The van der Waals surface area contributed by atoms with Gasteiger partial charge in [-0.25, -0.2) is 0 Å². The van der Waals surface area contributed by atoms with Crippen LogP contribution in [-0.4, -0.2) is 24.3 Å². The van der Waals surface area contributed by atoms with E-state index in [1.165, 1.54) is 24.8 Å². The zero-order chi connectivity index (χ0) is 18.2. The molecule has 0 bridgehead atoms. The largest absolute Gasteiger partial charge is 0.497 e. The molecule has 0 aliphatic heterocycles. The molecule has 0 spiro atoms. The lowest BCUT2D eigenvalue weighted by Crippen LogP contribution is -2.52. The highest BCUT2D eigenvalue weighted by molar-refractivity contribution is 7.80. The standard InChI is InChI=1S/C21H27N3OS/c1-25-18-13-11-17(12-14-18)23-21(26)24-20-10-6-5-9-19(20)22-15-16-7-3-2-4-8-16/h2-4,7-8,11-14,19-20,22H,5-6,9-10,15H2,1H3,(H2,23,24,26)/t19-,20-/m1/s1. The quantitative estimate of drug-likeness (QED) is 0.670. The Morgan fingerprint density at radius 1 is 1.00 bits per heavy atom. The van der Waals surface area contributed by atoms with E-state index in [-0.39, 0.29) is 0 Å². The second-order valence-corrected chi connectivity index (χ2v) is 7.10. The van der Waals surface area contributed by atoms with Crippen LogP contribution in [0.15, 0.2) is 54.6 Å². The van der Waals surface area contributed by atoms with Crippen LogP contribution < -0.4 is 20.7 Å². The lowest BCUT2D eigenvalue weighted by atomic mass is 9.90. The summed E-state index contributed by atoms with van der Waals surface area (Å²) in [6.07, 6.45) is 4.82. The fourth-order valence-electron chi connectivity index (χ4n) is 3.40. The maximum atomic E-state index is 5.53. The molecule has 0 amide bonds. The van der Waals surface area contributed by atoms with Gasteiger partial charge >= 0.3 is 0 Å². The van der Waals surface area contributed by atoms with Gasteiger partial charge in [0.2, 0.25) is 0 Å². The smallest absolute Gasteiger partial charge is 0.171 e. The number of nitrogens with one attached hydrogen (secondary N) is 3.